The van der Waals surface area contributed by atoms with Gasteiger partial charge in [0, 0.05) is 6.04 Å². The van der Waals surface area contributed by atoms with Gasteiger partial charge in [-0.3, -0.25) is 9.59 Å². The molecule has 21 heavy (non-hydrogen) atoms. The van der Waals surface area contributed by atoms with Crippen molar-refractivity contribution in [1.29, 1.82) is 0 Å². The highest BCUT2D eigenvalue weighted by molar-refractivity contribution is 5.97. The highest BCUT2D eigenvalue weighted by Crippen LogP contribution is 2.29. The van der Waals surface area contributed by atoms with Crippen molar-refractivity contribution in [3.63, 3.8) is 0 Å². The molecule has 0 spiro atoms. The Bertz CT molecular complexity index is 501. The smallest absolute Gasteiger partial charge is 0.248 e. The van der Waals surface area contributed by atoms with Crippen LogP contribution in [0.15, 0.2) is 30.3 Å². The first-order valence-corrected chi connectivity index (χ1v) is 7.77. The maximum Gasteiger partial charge on any atom is 0.248 e. The number of piperazine rings is 1. The Morgan fingerprint density at radius 3 is 2.43 bits per heavy atom. The number of hydrogen-bond donors (Lipinski definition) is 1. The van der Waals surface area contributed by atoms with E-state index in [1.165, 1.54) is 0 Å². The van der Waals surface area contributed by atoms with E-state index in [1.807, 2.05) is 44.2 Å². The van der Waals surface area contributed by atoms with Gasteiger partial charge in [-0.2, -0.15) is 0 Å². The van der Waals surface area contributed by atoms with Crippen molar-refractivity contribution in [2.45, 2.75) is 58.2 Å². The SMILES string of the molecule is CCCC(C)N1C(=O)C(CC)NC(=O)C1c1ccccc1. The Balaban J connectivity index is 2.39. The maximum absolute atomic E-state index is 12.7. The number of amides is 2. The molecule has 1 aliphatic heterocycles. The standard InChI is InChI=1S/C17H24N2O2/c1-4-9-12(3)19-15(13-10-7-6-8-11-13)16(20)18-14(5-2)17(19)21/h6-8,10-12,14-15H,4-5,9H2,1-3H3,(H,18,20). The zero-order chi connectivity index (χ0) is 15.4. The zero-order valence-corrected chi connectivity index (χ0v) is 13.0. The zero-order valence-electron chi connectivity index (χ0n) is 13.0. The number of hydrogen-bond acceptors (Lipinski definition) is 2. The van der Waals surface area contributed by atoms with E-state index < -0.39 is 12.1 Å². The molecule has 1 aromatic rings. The van der Waals surface area contributed by atoms with Crippen molar-refractivity contribution >= 4 is 11.8 Å². The summed E-state index contributed by atoms with van der Waals surface area (Å²) in [6.45, 7) is 6.05. The van der Waals surface area contributed by atoms with E-state index in [-0.39, 0.29) is 17.9 Å². The second kappa shape index (κ2) is 6.74. The van der Waals surface area contributed by atoms with E-state index in [2.05, 4.69) is 12.2 Å². The van der Waals surface area contributed by atoms with Gasteiger partial charge in [0.05, 0.1) is 0 Å². The third kappa shape index (κ3) is 3.09. The molecule has 1 N–H and O–H groups in total. The molecule has 1 fully saturated rings. The Morgan fingerprint density at radius 1 is 1.19 bits per heavy atom. The molecule has 1 aliphatic rings. The molecular weight excluding hydrogens is 264 g/mol. The number of nitrogens with zero attached hydrogens (tertiary/aromatic N) is 1. The topological polar surface area (TPSA) is 49.4 Å². The first kappa shape index (κ1) is 15.5. The summed E-state index contributed by atoms with van der Waals surface area (Å²) >= 11 is 0. The lowest BCUT2D eigenvalue weighted by molar-refractivity contribution is -0.152. The molecule has 0 aliphatic carbocycles. The van der Waals surface area contributed by atoms with Crippen LogP contribution < -0.4 is 5.32 Å². The molecule has 2 amide bonds. The molecule has 0 radical (unpaired) electrons. The van der Waals surface area contributed by atoms with Crippen LogP contribution in [-0.2, 0) is 9.59 Å². The van der Waals surface area contributed by atoms with Crippen LogP contribution in [-0.4, -0.2) is 28.8 Å². The van der Waals surface area contributed by atoms with E-state index in [4.69, 9.17) is 0 Å². The second-order valence-electron chi connectivity index (χ2n) is 5.67. The van der Waals surface area contributed by atoms with E-state index in [0.717, 1.165) is 18.4 Å². The predicted octanol–water partition coefficient (Wildman–Crippen LogP) is 2.65. The van der Waals surface area contributed by atoms with Crippen LogP contribution >= 0.6 is 0 Å². The predicted molar refractivity (Wildman–Crippen MR) is 82.6 cm³/mol. The Morgan fingerprint density at radius 2 is 1.86 bits per heavy atom. The molecule has 1 saturated heterocycles. The monoisotopic (exact) mass is 288 g/mol. The third-order valence-corrected chi connectivity index (χ3v) is 4.10. The van der Waals surface area contributed by atoms with E-state index in [0.29, 0.717) is 6.42 Å². The summed E-state index contributed by atoms with van der Waals surface area (Å²) < 4.78 is 0. The van der Waals surface area contributed by atoms with Crippen molar-refractivity contribution in [2.24, 2.45) is 0 Å². The van der Waals surface area contributed by atoms with Crippen LogP contribution in [0.3, 0.4) is 0 Å². The fourth-order valence-corrected chi connectivity index (χ4v) is 3.00. The second-order valence-corrected chi connectivity index (χ2v) is 5.67. The quantitative estimate of drug-likeness (QED) is 0.905. The highest BCUT2D eigenvalue weighted by atomic mass is 16.2. The van der Waals surface area contributed by atoms with Crippen LogP contribution in [0.5, 0.6) is 0 Å². The number of rotatable bonds is 5. The molecule has 0 aromatic heterocycles. The lowest BCUT2D eigenvalue weighted by Gasteiger charge is -2.42. The van der Waals surface area contributed by atoms with E-state index in [1.54, 1.807) is 4.90 Å². The first-order chi connectivity index (χ1) is 10.1. The molecule has 114 valence electrons. The van der Waals surface area contributed by atoms with Crippen molar-refractivity contribution in [3.8, 4) is 0 Å². The summed E-state index contributed by atoms with van der Waals surface area (Å²) in [7, 11) is 0. The third-order valence-electron chi connectivity index (χ3n) is 4.10. The molecule has 4 nitrogen and oxygen atoms in total. The van der Waals surface area contributed by atoms with Crippen LogP contribution in [0, 0.1) is 0 Å². The van der Waals surface area contributed by atoms with Gasteiger partial charge >= 0.3 is 0 Å². The van der Waals surface area contributed by atoms with Gasteiger partial charge in [-0.1, -0.05) is 50.6 Å². The summed E-state index contributed by atoms with van der Waals surface area (Å²) in [5.74, 6) is -0.0393. The van der Waals surface area contributed by atoms with Crippen molar-refractivity contribution < 1.29 is 9.59 Å². The molecular formula is C17H24N2O2. The van der Waals surface area contributed by atoms with Gasteiger partial charge in [0.2, 0.25) is 11.8 Å². The van der Waals surface area contributed by atoms with E-state index in [9.17, 15) is 9.59 Å². The van der Waals surface area contributed by atoms with Crippen LogP contribution in [0.2, 0.25) is 0 Å². The molecule has 1 heterocycles. The summed E-state index contributed by atoms with van der Waals surface area (Å²) in [5.41, 5.74) is 0.876. The summed E-state index contributed by atoms with van der Waals surface area (Å²) in [6, 6.07) is 8.71. The minimum atomic E-state index is -0.511. The average molecular weight is 288 g/mol. The van der Waals surface area contributed by atoms with Gasteiger partial charge in [-0.05, 0) is 25.3 Å². The molecule has 2 rings (SSSR count). The number of carbonyl (C=O) groups excluding carboxylic acids is 2. The highest BCUT2D eigenvalue weighted by Gasteiger charge is 2.42. The lowest BCUT2D eigenvalue weighted by atomic mass is 9.95. The lowest BCUT2D eigenvalue weighted by Crippen LogP contribution is -2.61. The summed E-state index contributed by atoms with van der Waals surface area (Å²) in [5, 5.41) is 2.86. The van der Waals surface area contributed by atoms with Crippen molar-refractivity contribution in [2.75, 3.05) is 0 Å². The normalized spacial score (nSPS) is 23.9. The minimum absolute atomic E-state index is 0.0342. The molecule has 0 bridgehead atoms. The average Bonchev–Trinajstić information content (AvgIpc) is 2.49. The largest absolute Gasteiger partial charge is 0.342 e. The molecule has 3 atom stereocenters. The van der Waals surface area contributed by atoms with Gasteiger partial charge < -0.3 is 10.2 Å². The van der Waals surface area contributed by atoms with Crippen molar-refractivity contribution in [3.05, 3.63) is 35.9 Å². The Hall–Kier alpha value is -1.84. The van der Waals surface area contributed by atoms with Gasteiger partial charge in [-0.15, -0.1) is 0 Å². The fourth-order valence-electron chi connectivity index (χ4n) is 3.00. The molecule has 3 unspecified atom stereocenters. The van der Waals surface area contributed by atoms with Crippen LogP contribution in [0.1, 0.15) is 51.6 Å². The molecule has 1 aromatic carbocycles. The first-order valence-electron chi connectivity index (χ1n) is 7.77. The van der Waals surface area contributed by atoms with Gasteiger partial charge in [0.15, 0.2) is 0 Å². The molecule has 0 saturated carbocycles. The molecule has 4 heteroatoms. The Labute approximate surface area is 126 Å². The van der Waals surface area contributed by atoms with Gasteiger partial charge in [0.1, 0.15) is 12.1 Å². The summed E-state index contributed by atoms with van der Waals surface area (Å²) in [6.07, 6.45) is 2.52. The van der Waals surface area contributed by atoms with Crippen LogP contribution in [0.4, 0.5) is 0 Å². The van der Waals surface area contributed by atoms with Crippen LogP contribution in [0.25, 0.3) is 0 Å². The number of nitrogens with one attached hydrogen (secondary N) is 1. The van der Waals surface area contributed by atoms with Gasteiger partial charge in [0.25, 0.3) is 0 Å². The maximum atomic E-state index is 12.7. The van der Waals surface area contributed by atoms with Gasteiger partial charge in [-0.25, -0.2) is 0 Å². The number of carbonyl (C=O) groups is 2. The minimum Gasteiger partial charge on any atom is -0.342 e. The Kier molecular flexibility index (Phi) is 4.99. The fraction of sp³-hybridized carbons (Fsp3) is 0.529. The number of benzene rings is 1. The summed E-state index contributed by atoms with van der Waals surface area (Å²) in [4.78, 5) is 27.0. The van der Waals surface area contributed by atoms with E-state index >= 15 is 0 Å². The van der Waals surface area contributed by atoms with Crippen molar-refractivity contribution in [1.82, 2.24) is 10.2 Å².